The molecule has 2 aromatic rings. The molecule has 8 nitrogen and oxygen atoms in total. The van der Waals surface area contributed by atoms with Gasteiger partial charge in [-0.1, -0.05) is 38.0 Å². The normalized spacial score (nSPS) is 12.8. The number of hydrogen-bond acceptors (Lipinski definition) is 7. The number of amides is 2. The van der Waals surface area contributed by atoms with E-state index in [2.05, 4.69) is 20.8 Å². The Morgan fingerprint density at radius 2 is 1.84 bits per heavy atom. The van der Waals surface area contributed by atoms with Gasteiger partial charge in [0, 0.05) is 31.8 Å². The number of nitrogens with two attached hydrogens (primary N) is 1. The van der Waals surface area contributed by atoms with Crippen molar-refractivity contribution in [2.24, 2.45) is 11.7 Å². The van der Waals surface area contributed by atoms with Gasteiger partial charge in [0.15, 0.2) is 0 Å². The number of unbranched alkanes of at least 4 members (excludes halogenated alkanes) is 2. The highest BCUT2D eigenvalue weighted by Gasteiger charge is 2.26. The average Bonchev–Trinajstić information content (AvgIpc) is 3.23. The number of anilines is 2. The Kier molecular flexibility index (Phi) is 9.87. The van der Waals surface area contributed by atoms with E-state index in [1.54, 1.807) is 0 Å². The fourth-order valence-corrected chi connectivity index (χ4v) is 3.78. The van der Waals surface area contributed by atoms with Gasteiger partial charge in [0.05, 0.1) is 0 Å². The second kappa shape index (κ2) is 12.4. The minimum absolute atomic E-state index is 0.000962. The molecule has 9 heteroatoms. The van der Waals surface area contributed by atoms with Gasteiger partial charge in [0.2, 0.25) is 16.9 Å². The summed E-state index contributed by atoms with van der Waals surface area (Å²) in [4.78, 5) is 27.2. The number of benzene rings is 1. The number of nitrogens with zero attached hydrogens (tertiary/aromatic N) is 3. The van der Waals surface area contributed by atoms with E-state index in [9.17, 15) is 9.59 Å². The molecule has 0 saturated heterocycles. The lowest BCUT2D eigenvalue weighted by Crippen LogP contribution is -2.47. The average molecular weight is 447 g/mol. The summed E-state index contributed by atoms with van der Waals surface area (Å²) in [5, 5.41) is 15.2. The minimum Gasteiger partial charge on any atom is -0.378 e. The lowest BCUT2D eigenvalue weighted by molar-refractivity contribution is -0.127. The Bertz CT molecular complexity index is 837. The molecule has 0 fully saturated rings. The van der Waals surface area contributed by atoms with Crippen molar-refractivity contribution in [1.29, 1.82) is 0 Å². The van der Waals surface area contributed by atoms with Crippen molar-refractivity contribution in [2.45, 2.75) is 52.0 Å². The monoisotopic (exact) mass is 446 g/mol. The van der Waals surface area contributed by atoms with Crippen LogP contribution in [-0.2, 0) is 9.59 Å². The van der Waals surface area contributed by atoms with Crippen LogP contribution in [0.15, 0.2) is 24.3 Å². The van der Waals surface area contributed by atoms with Gasteiger partial charge in [-0.2, -0.15) is 0 Å². The van der Waals surface area contributed by atoms with Crippen LogP contribution in [-0.4, -0.2) is 48.7 Å². The summed E-state index contributed by atoms with van der Waals surface area (Å²) in [6.07, 6.45) is 3.74. The molecule has 2 rings (SSSR count). The smallest absolute Gasteiger partial charge is 0.249 e. The van der Waals surface area contributed by atoms with Crippen molar-refractivity contribution >= 4 is 34.0 Å². The molecule has 4 N–H and O–H groups in total. The van der Waals surface area contributed by atoms with Crippen LogP contribution in [0, 0.1) is 5.92 Å². The number of carbonyl (C=O) groups is 2. The highest BCUT2D eigenvalue weighted by Crippen LogP contribution is 2.28. The third kappa shape index (κ3) is 7.59. The van der Waals surface area contributed by atoms with E-state index in [0.717, 1.165) is 41.9 Å². The zero-order valence-electron chi connectivity index (χ0n) is 18.9. The molecule has 0 spiro atoms. The molecule has 1 aromatic carbocycles. The summed E-state index contributed by atoms with van der Waals surface area (Å²) >= 11 is 1.31. The number of nitrogens with one attached hydrogen (secondary N) is 2. The summed E-state index contributed by atoms with van der Waals surface area (Å²) < 4.78 is 0. The van der Waals surface area contributed by atoms with Crippen LogP contribution < -0.4 is 21.3 Å². The van der Waals surface area contributed by atoms with Crippen LogP contribution in [0.3, 0.4) is 0 Å². The summed E-state index contributed by atoms with van der Waals surface area (Å²) in [6.45, 7) is 4.58. The molecule has 0 aliphatic carbocycles. The summed E-state index contributed by atoms with van der Waals surface area (Å²) in [6, 6.07) is 7.37. The Hall–Kier alpha value is -2.52. The van der Waals surface area contributed by atoms with E-state index in [0.29, 0.717) is 18.1 Å². The van der Waals surface area contributed by atoms with Gasteiger partial charge in [-0.05, 0) is 49.6 Å². The standard InChI is InChI=1S/C22H34N6O2S/c1-5-15(2)19(24-18(29)9-7-6-8-14-23)20(30)25-22-27-26-21(31-22)16-10-12-17(13-11-16)28(3)4/h10-13,15,19H,5-9,14,23H2,1-4H3,(H,24,29)(H,25,27,30). The number of hydrogen-bond donors (Lipinski definition) is 3. The van der Waals surface area contributed by atoms with Gasteiger partial charge in [0.1, 0.15) is 11.0 Å². The molecular formula is C22H34N6O2S. The van der Waals surface area contributed by atoms with Crippen molar-refractivity contribution in [3.8, 4) is 10.6 Å². The first-order chi connectivity index (χ1) is 14.8. The summed E-state index contributed by atoms with van der Waals surface area (Å²) in [5.74, 6) is -0.384. The second-order valence-electron chi connectivity index (χ2n) is 7.87. The maximum Gasteiger partial charge on any atom is 0.249 e. The SMILES string of the molecule is CCC(C)C(NC(=O)CCCCCN)C(=O)Nc1nnc(-c2ccc(N(C)C)cc2)s1. The van der Waals surface area contributed by atoms with Gasteiger partial charge in [0.25, 0.3) is 0 Å². The van der Waals surface area contributed by atoms with Crippen LogP contribution in [0.4, 0.5) is 10.8 Å². The molecule has 1 aromatic heterocycles. The molecule has 2 amide bonds. The van der Waals surface area contributed by atoms with Crippen LogP contribution in [0.5, 0.6) is 0 Å². The molecule has 1 heterocycles. The minimum atomic E-state index is -0.612. The number of carbonyl (C=O) groups excluding carboxylic acids is 2. The predicted octanol–water partition coefficient (Wildman–Crippen LogP) is 3.26. The third-order valence-electron chi connectivity index (χ3n) is 5.21. The molecule has 0 saturated carbocycles. The van der Waals surface area contributed by atoms with Crippen LogP contribution in [0.25, 0.3) is 10.6 Å². The maximum absolute atomic E-state index is 12.9. The first-order valence-corrected chi connectivity index (χ1v) is 11.6. The molecule has 31 heavy (non-hydrogen) atoms. The molecule has 2 atom stereocenters. The van der Waals surface area contributed by atoms with Crippen LogP contribution in [0.2, 0.25) is 0 Å². The van der Waals surface area contributed by atoms with Gasteiger partial charge < -0.3 is 16.0 Å². The van der Waals surface area contributed by atoms with E-state index >= 15 is 0 Å². The van der Waals surface area contributed by atoms with Crippen molar-refractivity contribution < 1.29 is 9.59 Å². The molecule has 0 aliphatic heterocycles. The summed E-state index contributed by atoms with van der Waals surface area (Å²) in [5.41, 5.74) is 7.52. The zero-order chi connectivity index (χ0) is 22.8. The summed E-state index contributed by atoms with van der Waals surface area (Å²) in [7, 11) is 3.97. The topological polar surface area (TPSA) is 113 Å². The molecule has 0 radical (unpaired) electrons. The lowest BCUT2D eigenvalue weighted by atomic mass is 9.98. The van der Waals surface area contributed by atoms with Gasteiger partial charge >= 0.3 is 0 Å². The zero-order valence-corrected chi connectivity index (χ0v) is 19.7. The van der Waals surface area contributed by atoms with E-state index in [1.807, 2.05) is 57.1 Å². The second-order valence-corrected chi connectivity index (χ2v) is 8.85. The van der Waals surface area contributed by atoms with Crippen molar-refractivity contribution in [3.63, 3.8) is 0 Å². The van der Waals surface area contributed by atoms with Gasteiger partial charge in [-0.25, -0.2) is 0 Å². The van der Waals surface area contributed by atoms with Crippen molar-refractivity contribution in [2.75, 3.05) is 30.9 Å². The molecule has 170 valence electrons. The van der Waals surface area contributed by atoms with Crippen molar-refractivity contribution in [1.82, 2.24) is 15.5 Å². The Morgan fingerprint density at radius 1 is 1.13 bits per heavy atom. The van der Waals surface area contributed by atoms with E-state index < -0.39 is 6.04 Å². The molecule has 2 unspecified atom stereocenters. The molecular weight excluding hydrogens is 412 g/mol. The Morgan fingerprint density at radius 3 is 2.45 bits per heavy atom. The fourth-order valence-electron chi connectivity index (χ4n) is 3.03. The van der Waals surface area contributed by atoms with Gasteiger partial charge in [-0.3, -0.25) is 14.9 Å². The van der Waals surface area contributed by atoms with E-state index in [4.69, 9.17) is 5.73 Å². The highest BCUT2D eigenvalue weighted by atomic mass is 32.1. The lowest BCUT2D eigenvalue weighted by Gasteiger charge is -2.23. The highest BCUT2D eigenvalue weighted by molar-refractivity contribution is 7.18. The predicted molar refractivity (Wildman–Crippen MR) is 127 cm³/mol. The van der Waals surface area contributed by atoms with Crippen molar-refractivity contribution in [3.05, 3.63) is 24.3 Å². The van der Waals surface area contributed by atoms with Crippen LogP contribution in [0.1, 0.15) is 46.0 Å². The van der Waals surface area contributed by atoms with E-state index in [-0.39, 0.29) is 17.7 Å². The Balaban J connectivity index is 2.00. The van der Waals surface area contributed by atoms with E-state index in [1.165, 1.54) is 11.3 Å². The maximum atomic E-state index is 12.9. The molecule has 0 aliphatic rings. The van der Waals surface area contributed by atoms with Crippen LogP contribution >= 0.6 is 11.3 Å². The Labute approximate surface area is 188 Å². The third-order valence-corrected chi connectivity index (χ3v) is 6.09. The van der Waals surface area contributed by atoms with Gasteiger partial charge in [-0.15, -0.1) is 10.2 Å². The molecule has 0 bridgehead atoms. The first kappa shape index (κ1) is 24.7. The number of rotatable bonds is 12. The first-order valence-electron chi connectivity index (χ1n) is 10.8. The quantitative estimate of drug-likeness (QED) is 0.431. The fraction of sp³-hybridized carbons (Fsp3) is 0.545. The largest absolute Gasteiger partial charge is 0.378 e. The number of aromatic nitrogens is 2.